The highest BCUT2D eigenvalue weighted by molar-refractivity contribution is 5.85. The van der Waals surface area contributed by atoms with E-state index in [1.165, 1.54) is 38.2 Å². The molecule has 2 aliphatic heterocycles. The van der Waals surface area contributed by atoms with E-state index in [0.29, 0.717) is 0 Å². The number of benzene rings is 1. The van der Waals surface area contributed by atoms with Crippen molar-refractivity contribution in [2.75, 3.05) is 26.2 Å². The van der Waals surface area contributed by atoms with Gasteiger partial charge in [0, 0.05) is 18.7 Å². The maximum Gasteiger partial charge on any atom is 0.226 e. The summed E-state index contributed by atoms with van der Waals surface area (Å²) >= 11 is 0. The van der Waals surface area contributed by atoms with Gasteiger partial charge in [-0.15, -0.1) is 12.4 Å². The number of oxazole rings is 1. The van der Waals surface area contributed by atoms with Gasteiger partial charge in [-0.25, -0.2) is 4.98 Å². The number of hydrogen-bond acceptors (Lipinski definition) is 4. The molecule has 1 aromatic heterocycles. The second kappa shape index (κ2) is 7.04. The number of nitrogens with zero attached hydrogens (tertiary/aromatic N) is 2. The van der Waals surface area contributed by atoms with Crippen molar-refractivity contribution in [1.82, 2.24) is 15.2 Å². The lowest BCUT2D eigenvalue weighted by Gasteiger charge is -2.33. The summed E-state index contributed by atoms with van der Waals surface area (Å²) in [6.45, 7) is 7.74. The van der Waals surface area contributed by atoms with Crippen molar-refractivity contribution in [3.05, 3.63) is 41.8 Å². The van der Waals surface area contributed by atoms with Gasteiger partial charge in [-0.2, -0.15) is 0 Å². The molecule has 0 amide bonds. The first-order valence-corrected chi connectivity index (χ1v) is 8.22. The van der Waals surface area contributed by atoms with Gasteiger partial charge >= 0.3 is 0 Å². The second-order valence-corrected chi connectivity index (χ2v) is 6.71. The molecule has 0 aliphatic carbocycles. The van der Waals surface area contributed by atoms with Crippen molar-refractivity contribution >= 4 is 12.4 Å². The normalized spacial score (nSPS) is 24.2. The Hall–Kier alpha value is -1.36. The van der Waals surface area contributed by atoms with Gasteiger partial charge in [0.05, 0.1) is 5.69 Å². The van der Waals surface area contributed by atoms with E-state index in [-0.39, 0.29) is 12.4 Å². The molecule has 0 spiro atoms. The van der Waals surface area contributed by atoms with Crippen molar-refractivity contribution in [1.29, 1.82) is 0 Å². The molecule has 1 N–H and O–H groups in total. The van der Waals surface area contributed by atoms with Gasteiger partial charge in [0.25, 0.3) is 0 Å². The van der Waals surface area contributed by atoms with E-state index in [1.54, 1.807) is 0 Å². The molecule has 2 atom stereocenters. The van der Waals surface area contributed by atoms with Crippen molar-refractivity contribution in [3.63, 3.8) is 0 Å². The molecule has 0 saturated carbocycles. The number of nitrogens with one attached hydrogen (secondary N) is 1. The zero-order valence-corrected chi connectivity index (χ0v) is 14.3. The Morgan fingerprint density at radius 3 is 2.83 bits per heavy atom. The maximum absolute atomic E-state index is 5.67. The smallest absolute Gasteiger partial charge is 0.226 e. The van der Waals surface area contributed by atoms with Crippen LogP contribution < -0.4 is 5.32 Å². The summed E-state index contributed by atoms with van der Waals surface area (Å²) < 4.78 is 5.67. The fourth-order valence-corrected chi connectivity index (χ4v) is 3.69. The van der Waals surface area contributed by atoms with Crippen LogP contribution in [0.15, 0.2) is 34.9 Å². The van der Waals surface area contributed by atoms with Gasteiger partial charge in [0.1, 0.15) is 6.26 Å². The lowest BCUT2D eigenvalue weighted by molar-refractivity contribution is 0.141. The molecule has 5 heteroatoms. The molecule has 4 nitrogen and oxygen atoms in total. The highest BCUT2D eigenvalue weighted by Crippen LogP contribution is 2.27. The molecular weight excluding hydrogens is 310 g/mol. The SMILES string of the molecule is Cc1ccc(-c2nc(CN3CCC4CNCC4C3)co2)cc1.Cl. The van der Waals surface area contributed by atoms with Crippen LogP contribution in [0.1, 0.15) is 17.7 Å². The van der Waals surface area contributed by atoms with Crippen molar-refractivity contribution in [3.8, 4) is 11.5 Å². The first-order chi connectivity index (χ1) is 10.8. The number of aromatic nitrogens is 1. The first-order valence-electron chi connectivity index (χ1n) is 8.22. The average molecular weight is 334 g/mol. The van der Waals surface area contributed by atoms with Crippen LogP contribution in [0.4, 0.5) is 0 Å². The summed E-state index contributed by atoms with van der Waals surface area (Å²) in [5.74, 6) is 2.43. The third-order valence-electron chi connectivity index (χ3n) is 5.02. The molecule has 0 radical (unpaired) electrons. The lowest BCUT2D eigenvalue weighted by Crippen LogP contribution is -2.39. The van der Waals surface area contributed by atoms with Crippen molar-refractivity contribution in [2.24, 2.45) is 11.8 Å². The standard InChI is InChI=1S/C18H23N3O.ClH/c1-13-2-4-14(5-3-13)18-20-17(12-22-18)11-21-7-6-15-8-19-9-16(15)10-21;/h2-5,12,15-16,19H,6-11H2,1H3;1H. The van der Waals surface area contributed by atoms with Crippen LogP contribution in [0, 0.1) is 18.8 Å². The van der Waals surface area contributed by atoms with E-state index in [2.05, 4.69) is 46.4 Å². The minimum atomic E-state index is 0. The van der Waals surface area contributed by atoms with Crippen LogP contribution in [-0.4, -0.2) is 36.1 Å². The Labute approximate surface area is 143 Å². The van der Waals surface area contributed by atoms with E-state index in [0.717, 1.165) is 35.5 Å². The minimum absolute atomic E-state index is 0. The molecular formula is C18H24ClN3O. The summed E-state index contributed by atoms with van der Waals surface area (Å²) in [5.41, 5.74) is 3.35. The number of rotatable bonds is 3. The second-order valence-electron chi connectivity index (χ2n) is 6.71. The Balaban J connectivity index is 0.00000156. The van der Waals surface area contributed by atoms with Gasteiger partial charge in [0.15, 0.2) is 0 Å². The molecule has 3 heterocycles. The van der Waals surface area contributed by atoms with Gasteiger partial charge in [-0.1, -0.05) is 17.7 Å². The van der Waals surface area contributed by atoms with Crippen LogP contribution >= 0.6 is 12.4 Å². The summed E-state index contributed by atoms with van der Waals surface area (Å²) in [6.07, 6.45) is 3.12. The van der Waals surface area contributed by atoms with Crippen LogP contribution in [0.2, 0.25) is 0 Å². The van der Waals surface area contributed by atoms with E-state index >= 15 is 0 Å². The average Bonchev–Trinajstić information content (AvgIpc) is 3.17. The summed E-state index contributed by atoms with van der Waals surface area (Å²) in [6, 6.07) is 8.33. The Morgan fingerprint density at radius 2 is 2.00 bits per heavy atom. The molecule has 2 saturated heterocycles. The van der Waals surface area contributed by atoms with E-state index < -0.39 is 0 Å². The topological polar surface area (TPSA) is 41.3 Å². The molecule has 124 valence electrons. The van der Waals surface area contributed by atoms with Crippen LogP contribution in [0.5, 0.6) is 0 Å². The molecule has 2 aliphatic rings. The predicted molar refractivity (Wildman–Crippen MR) is 93.7 cm³/mol. The third-order valence-corrected chi connectivity index (χ3v) is 5.02. The first kappa shape index (κ1) is 16.5. The highest BCUT2D eigenvalue weighted by Gasteiger charge is 2.32. The van der Waals surface area contributed by atoms with Gasteiger partial charge in [0.2, 0.25) is 5.89 Å². The number of likely N-dealkylation sites (tertiary alicyclic amines) is 1. The fourth-order valence-electron chi connectivity index (χ4n) is 3.69. The lowest BCUT2D eigenvalue weighted by atomic mass is 9.89. The van der Waals surface area contributed by atoms with Crippen molar-refractivity contribution in [2.45, 2.75) is 19.9 Å². The largest absolute Gasteiger partial charge is 0.444 e. The zero-order chi connectivity index (χ0) is 14.9. The van der Waals surface area contributed by atoms with Crippen LogP contribution in [-0.2, 0) is 6.54 Å². The third kappa shape index (κ3) is 3.60. The van der Waals surface area contributed by atoms with E-state index in [4.69, 9.17) is 4.42 Å². The summed E-state index contributed by atoms with van der Waals surface area (Å²) in [7, 11) is 0. The summed E-state index contributed by atoms with van der Waals surface area (Å²) in [5, 5.41) is 3.52. The fraction of sp³-hybridized carbons (Fsp3) is 0.500. The minimum Gasteiger partial charge on any atom is -0.444 e. The monoisotopic (exact) mass is 333 g/mol. The predicted octanol–water partition coefficient (Wildman–Crippen LogP) is 3.11. The molecule has 4 rings (SSSR count). The van der Waals surface area contributed by atoms with Gasteiger partial charge in [-0.05, 0) is 56.9 Å². The number of piperidine rings is 1. The van der Waals surface area contributed by atoms with Crippen molar-refractivity contribution < 1.29 is 4.42 Å². The highest BCUT2D eigenvalue weighted by atomic mass is 35.5. The molecule has 1 aromatic carbocycles. The van der Waals surface area contributed by atoms with Crippen LogP contribution in [0.25, 0.3) is 11.5 Å². The molecule has 2 unspecified atom stereocenters. The Morgan fingerprint density at radius 1 is 1.22 bits per heavy atom. The Bertz CT molecular complexity index is 640. The molecule has 2 fully saturated rings. The number of aryl methyl sites for hydroxylation is 1. The quantitative estimate of drug-likeness (QED) is 0.937. The molecule has 2 aromatic rings. The molecule has 23 heavy (non-hydrogen) atoms. The number of hydrogen-bond donors (Lipinski definition) is 1. The van der Waals surface area contributed by atoms with Gasteiger partial charge in [-0.3, -0.25) is 4.90 Å². The Kier molecular flexibility index (Phi) is 5.05. The molecule has 0 bridgehead atoms. The zero-order valence-electron chi connectivity index (χ0n) is 13.5. The van der Waals surface area contributed by atoms with E-state index in [1.807, 2.05) is 6.26 Å². The number of halogens is 1. The van der Waals surface area contributed by atoms with E-state index in [9.17, 15) is 0 Å². The van der Waals surface area contributed by atoms with Crippen LogP contribution in [0.3, 0.4) is 0 Å². The number of fused-ring (bicyclic) bond motifs is 1. The maximum atomic E-state index is 5.67. The van der Waals surface area contributed by atoms with Gasteiger partial charge < -0.3 is 9.73 Å². The summed E-state index contributed by atoms with van der Waals surface area (Å²) in [4.78, 5) is 7.18.